The van der Waals surface area contributed by atoms with Gasteiger partial charge in [0.15, 0.2) is 0 Å². The summed E-state index contributed by atoms with van der Waals surface area (Å²) < 4.78 is 39.9. The van der Waals surface area contributed by atoms with Gasteiger partial charge in [-0.05, 0) is 83.3 Å². The Hall–Kier alpha value is -4.26. The number of hydrogen-bond donors (Lipinski definition) is 1. The number of nitrogens with one attached hydrogen (secondary N) is 1. The summed E-state index contributed by atoms with van der Waals surface area (Å²) in [5.74, 6) is 1.11. The van der Waals surface area contributed by atoms with Crippen molar-refractivity contribution in [1.82, 2.24) is 19.5 Å². The zero-order valence-electron chi connectivity index (χ0n) is 25.3. The number of pyridine rings is 1. The molecule has 240 valence electrons. The van der Waals surface area contributed by atoms with Crippen molar-refractivity contribution in [2.75, 3.05) is 39.4 Å². The highest BCUT2D eigenvalue weighted by molar-refractivity contribution is 7.91. The molecule has 0 radical (unpaired) electrons. The normalized spacial score (nSPS) is 16.8. The maximum absolute atomic E-state index is 13.7. The molecule has 12 heteroatoms. The topological polar surface area (TPSA) is 118 Å². The van der Waals surface area contributed by atoms with Gasteiger partial charge in [-0.1, -0.05) is 30.3 Å². The molecule has 1 unspecified atom stereocenters. The minimum absolute atomic E-state index is 0.0861. The number of rotatable bonds is 7. The van der Waals surface area contributed by atoms with Gasteiger partial charge < -0.3 is 19.3 Å². The lowest BCUT2D eigenvalue weighted by molar-refractivity contribution is -0.133. The molecule has 0 saturated carbocycles. The molecule has 0 fully saturated rings. The van der Waals surface area contributed by atoms with Crippen LogP contribution in [0.3, 0.4) is 0 Å². The zero-order chi connectivity index (χ0) is 31.9. The van der Waals surface area contributed by atoms with Crippen molar-refractivity contribution in [1.29, 1.82) is 0 Å². The second-order valence-electron chi connectivity index (χ2n) is 11.2. The molecule has 2 aromatic carbocycles. The zero-order valence-corrected chi connectivity index (χ0v) is 27.0. The number of aryl methyl sites for hydroxylation is 1. The van der Waals surface area contributed by atoms with Gasteiger partial charge in [0, 0.05) is 31.9 Å². The molecule has 1 N–H and O–H groups in total. The first-order chi connectivity index (χ1) is 22.4. The Kier molecular flexibility index (Phi) is 9.96. The maximum atomic E-state index is 13.7. The Labute approximate surface area is 273 Å². The van der Waals surface area contributed by atoms with Crippen LogP contribution in [0, 0.1) is 0 Å². The van der Waals surface area contributed by atoms with E-state index in [2.05, 4.69) is 9.71 Å². The van der Waals surface area contributed by atoms with Gasteiger partial charge in [-0.3, -0.25) is 14.6 Å². The summed E-state index contributed by atoms with van der Waals surface area (Å²) in [6.45, 7) is 1.47. The van der Waals surface area contributed by atoms with E-state index in [-0.39, 0.29) is 41.8 Å². The van der Waals surface area contributed by atoms with E-state index in [0.717, 1.165) is 33.6 Å². The summed E-state index contributed by atoms with van der Waals surface area (Å²) in [4.78, 5) is 34.6. The van der Waals surface area contributed by atoms with Gasteiger partial charge >= 0.3 is 0 Å². The Bertz CT molecular complexity index is 1770. The molecule has 3 aliphatic rings. The molecular formula is C34H36N4O6S2. The molecule has 0 spiro atoms. The number of sulfonamides is 1. The number of amides is 2. The van der Waals surface area contributed by atoms with Gasteiger partial charge in [0.1, 0.15) is 22.3 Å². The van der Waals surface area contributed by atoms with Crippen molar-refractivity contribution < 1.29 is 27.5 Å². The van der Waals surface area contributed by atoms with Crippen LogP contribution in [-0.4, -0.2) is 74.4 Å². The molecule has 10 nitrogen and oxygen atoms in total. The Morgan fingerprint density at radius 2 is 1.80 bits per heavy atom. The minimum atomic E-state index is -3.76. The molecule has 5 heterocycles. The van der Waals surface area contributed by atoms with Crippen LogP contribution < -0.4 is 14.2 Å². The van der Waals surface area contributed by atoms with Crippen LogP contribution in [0.1, 0.15) is 41.1 Å². The predicted molar refractivity (Wildman–Crippen MR) is 174 cm³/mol. The number of carbonyl (C=O) groups excluding carboxylic acids is 2. The van der Waals surface area contributed by atoms with Gasteiger partial charge in [-0.25, -0.2) is 13.1 Å². The standard InChI is InChI=1S/C34H36N4O6S2/c39-31(12-9-25-5-2-14-35-23-25)38-16-13-26-21-29-10-11-30(26)34(38)27-6-1-7-28(22-27)43-18-4-15-37(17-19-44-29)32(40)24-36-46(41,42)33-8-3-20-45-33/h1-3,5-8,10-11,14,20-23,34,36H,4,9,12-13,15-19,24H2. The summed E-state index contributed by atoms with van der Waals surface area (Å²) in [5, 5.41) is 1.68. The quantitative estimate of drug-likeness (QED) is 0.316. The van der Waals surface area contributed by atoms with Crippen molar-refractivity contribution in [3.05, 3.63) is 107 Å². The maximum Gasteiger partial charge on any atom is 0.250 e. The van der Waals surface area contributed by atoms with Crippen LogP contribution in [0.25, 0.3) is 0 Å². The predicted octanol–water partition coefficient (Wildman–Crippen LogP) is 4.22. The smallest absolute Gasteiger partial charge is 0.250 e. The molecular weight excluding hydrogens is 625 g/mol. The van der Waals surface area contributed by atoms with Crippen LogP contribution in [0.2, 0.25) is 0 Å². The molecule has 2 aromatic heterocycles. The molecule has 0 saturated heterocycles. The highest BCUT2D eigenvalue weighted by Crippen LogP contribution is 2.38. The third kappa shape index (κ3) is 7.57. The van der Waals surface area contributed by atoms with E-state index in [1.165, 1.54) is 6.07 Å². The van der Waals surface area contributed by atoms with E-state index >= 15 is 0 Å². The lowest BCUT2D eigenvalue weighted by Crippen LogP contribution is -2.42. The van der Waals surface area contributed by atoms with Gasteiger partial charge in [-0.15, -0.1) is 11.3 Å². The number of nitrogens with zero attached hydrogens (tertiary/aromatic N) is 3. The molecule has 6 bridgehead atoms. The summed E-state index contributed by atoms with van der Waals surface area (Å²) in [7, 11) is -3.76. The number of benzene rings is 2. The van der Waals surface area contributed by atoms with Gasteiger partial charge in [0.25, 0.3) is 10.0 Å². The Balaban J connectivity index is 1.20. The number of thiophene rings is 1. The average Bonchev–Trinajstić information content (AvgIpc) is 3.63. The van der Waals surface area contributed by atoms with E-state index in [1.807, 2.05) is 59.5 Å². The van der Waals surface area contributed by atoms with Crippen LogP contribution in [0.5, 0.6) is 11.5 Å². The van der Waals surface area contributed by atoms with Gasteiger partial charge in [0.2, 0.25) is 11.8 Å². The Morgan fingerprint density at radius 3 is 2.63 bits per heavy atom. The molecule has 4 aromatic rings. The Morgan fingerprint density at radius 1 is 0.935 bits per heavy atom. The molecule has 46 heavy (non-hydrogen) atoms. The highest BCUT2D eigenvalue weighted by atomic mass is 32.2. The molecule has 0 aliphatic carbocycles. The lowest BCUT2D eigenvalue weighted by Gasteiger charge is -2.38. The molecule has 2 amide bonds. The van der Waals surface area contributed by atoms with E-state index in [4.69, 9.17) is 9.47 Å². The van der Waals surface area contributed by atoms with Crippen molar-refractivity contribution in [3.8, 4) is 11.5 Å². The number of ether oxygens (including phenoxy) is 2. The summed E-state index contributed by atoms with van der Waals surface area (Å²) in [6.07, 6.45) is 5.77. The van der Waals surface area contributed by atoms with Crippen molar-refractivity contribution >= 4 is 33.2 Å². The first-order valence-electron chi connectivity index (χ1n) is 15.3. The highest BCUT2D eigenvalue weighted by Gasteiger charge is 2.32. The van der Waals surface area contributed by atoms with Crippen LogP contribution >= 0.6 is 11.3 Å². The fourth-order valence-electron chi connectivity index (χ4n) is 5.87. The molecule has 1 atom stereocenters. The van der Waals surface area contributed by atoms with Crippen LogP contribution in [0.4, 0.5) is 0 Å². The lowest BCUT2D eigenvalue weighted by atomic mass is 9.87. The number of aromatic nitrogens is 1. The molecule has 7 rings (SSSR count). The number of carbonyl (C=O) groups is 2. The molecule has 3 aliphatic heterocycles. The van der Waals surface area contributed by atoms with Crippen molar-refractivity contribution in [3.63, 3.8) is 0 Å². The third-order valence-electron chi connectivity index (χ3n) is 8.18. The second-order valence-corrected chi connectivity index (χ2v) is 14.2. The van der Waals surface area contributed by atoms with Gasteiger partial charge in [0.05, 0.1) is 25.7 Å². The summed E-state index contributed by atoms with van der Waals surface area (Å²) >= 11 is 1.10. The van der Waals surface area contributed by atoms with E-state index in [0.29, 0.717) is 56.9 Å². The van der Waals surface area contributed by atoms with Crippen LogP contribution in [-0.2, 0) is 32.5 Å². The van der Waals surface area contributed by atoms with Crippen molar-refractivity contribution in [2.45, 2.75) is 35.9 Å². The van der Waals surface area contributed by atoms with E-state index < -0.39 is 10.0 Å². The van der Waals surface area contributed by atoms with Crippen molar-refractivity contribution in [2.24, 2.45) is 0 Å². The van der Waals surface area contributed by atoms with Gasteiger partial charge in [-0.2, -0.15) is 0 Å². The van der Waals surface area contributed by atoms with E-state index in [1.54, 1.807) is 28.7 Å². The summed E-state index contributed by atoms with van der Waals surface area (Å²) in [5.41, 5.74) is 4.15. The summed E-state index contributed by atoms with van der Waals surface area (Å²) in [6, 6.07) is 20.6. The first kappa shape index (κ1) is 31.7. The fraction of sp³-hybridized carbons (Fsp3) is 0.324. The second kappa shape index (κ2) is 14.4. The third-order valence-corrected chi connectivity index (χ3v) is 11.0. The first-order valence-corrected chi connectivity index (χ1v) is 17.7. The van der Waals surface area contributed by atoms with E-state index in [9.17, 15) is 18.0 Å². The number of hydrogen-bond acceptors (Lipinski definition) is 8. The fourth-order valence-corrected chi connectivity index (χ4v) is 7.88. The minimum Gasteiger partial charge on any atom is -0.494 e. The average molecular weight is 661 g/mol. The SMILES string of the molecule is O=C(CNS(=O)(=O)c1cccs1)N1CCCOc2cccc(c2)C2c3ccc(cc3CCN2C(=O)CCc2cccnc2)OCC1. The monoisotopic (exact) mass is 660 g/mol. The number of fused-ring (bicyclic) bond motifs is 8. The van der Waals surface area contributed by atoms with Crippen LogP contribution in [0.15, 0.2) is 88.7 Å². The largest absolute Gasteiger partial charge is 0.494 e.